The van der Waals surface area contributed by atoms with Gasteiger partial charge in [0.15, 0.2) is 23.2 Å². The Morgan fingerprint density at radius 3 is 2.57 bits per heavy atom. The van der Waals surface area contributed by atoms with Gasteiger partial charge in [-0.3, -0.25) is 4.90 Å². The predicted molar refractivity (Wildman–Crippen MR) is 106 cm³/mol. The summed E-state index contributed by atoms with van der Waals surface area (Å²) in [5.41, 5.74) is 0.564. The number of thiazole rings is 1. The Labute approximate surface area is 175 Å². The summed E-state index contributed by atoms with van der Waals surface area (Å²) in [5, 5.41) is 15.3. The molecule has 1 atom stereocenters. The van der Waals surface area contributed by atoms with Crippen LogP contribution < -0.4 is 0 Å². The molecule has 30 heavy (non-hydrogen) atoms. The number of likely N-dealkylation sites (tertiary alicyclic amines) is 1. The van der Waals surface area contributed by atoms with Crippen LogP contribution in [0.3, 0.4) is 0 Å². The molecule has 2 fully saturated rings. The predicted octanol–water partition coefficient (Wildman–Crippen LogP) is 3.27. The van der Waals surface area contributed by atoms with Crippen LogP contribution in [0.1, 0.15) is 42.1 Å². The third kappa shape index (κ3) is 3.27. The van der Waals surface area contributed by atoms with E-state index in [-0.39, 0.29) is 5.88 Å². The fourth-order valence-electron chi connectivity index (χ4n) is 4.24. The van der Waals surface area contributed by atoms with Crippen molar-refractivity contribution in [2.75, 3.05) is 26.3 Å². The number of fused-ring (bicyclic) bond motifs is 1. The summed E-state index contributed by atoms with van der Waals surface area (Å²) in [6.45, 7) is 4.36. The number of rotatable bonds is 4. The minimum atomic E-state index is -0.916. The average Bonchev–Trinajstić information content (AvgIpc) is 3.44. The normalized spacial score (nSPS) is 20.4. The Hall–Kier alpha value is -2.14. The van der Waals surface area contributed by atoms with E-state index in [1.165, 1.54) is 21.9 Å². The van der Waals surface area contributed by atoms with Crippen molar-refractivity contribution in [3.8, 4) is 5.88 Å². The number of aromatic hydroxyl groups is 1. The highest BCUT2D eigenvalue weighted by Crippen LogP contribution is 2.43. The Kier molecular flexibility index (Phi) is 4.97. The van der Waals surface area contributed by atoms with Gasteiger partial charge in [0.2, 0.25) is 10.8 Å². The van der Waals surface area contributed by atoms with Crippen molar-refractivity contribution in [1.29, 1.82) is 0 Å². The highest BCUT2D eigenvalue weighted by Gasteiger charge is 2.42. The fourth-order valence-corrected chi connectivity index (χ4v) is 5.37. The largest absolute Gasteiger partial charge is 0.492 e. The van der Waals surface area contributed by atoms with Crippen molar-refractivity contribution in [2.24, 2.45) is 0 Å². The molecule has 1 N–H and O–H groups in total. The summed E-state index contributed by atoms with van der Waals surface area (Å²) < 4.78 is 40.7. The summed E-state index contributed by atoms with van der Waals surface area (Å²) in [6, 6.07) is 3.41. The summed E-state index contributed by atoms with van der Waals surface area (Å²) >= 11 is 1.31. The maximum Gasteiger partial charge on any atom is 0.230 e. The van der Waals surface area contributed by atoms with Crippen molar-refractivity contribution in [3.63, 3.8) is 0 Å². The maximum absolute atomic E-state index is 14.1. The topological polar surface area (TPSA) is 72.1 Å². The van der Waals surface area contributed by atoms with Gasteiger partial charge < -0.3 is 14.6 Å². The number of hydrogen-bond donors (Lipinski definition) is 1. The van der Waals surface area contributed by atoms with Crippen molar-refractivity contribution in [2.45, 2.75) is 38.0 Å². The Morgan fingerprint density at radius 1 is 1.20 bits per heavy atom. The van der Waals surface area contributed by atoms with E-state index in [0.29, 0.717) is 66.8 Å². The van der Waals surface area contributed by atoms with E-state index in [1.807, 2.05) is 6.92 Å². The van der Waals surface area contributed by atoms with Crippen molar-refractivity contribution < 1.29 is 23.4 Å². The van der Waals surface area contributed by atoms with E-state index in [0.717, 1.165) is 6.07 Å². The smallest absolute Gasteiger partial charge is 0.230 e. The van der Waals surface area contributed by atoms with Crippen LogP contribution in [-0.4, -0.2) is 56.7 Å². The monoisotopic (exact) mass is 436 g/mol. The SMILES string of the molecule is CCc1nc2sc([C@H](c3ccc(F)c(F)c3)N3CCC4(CC3)OCCO4)c(O)n2n1. The van der Waals surface area contributed by atoms with Gasteiger partial charge in [0.25, 0.3) is 0 Å². The van der Waals surface area contributed by atoms with E-state index in [1.54, 1.807) is 6.07 Å². The molecule has 0 unspecified atom stereocenters. The molecule has 2 aromatic heterocycles. The Morgan fingerprint density at radius 2 is 1.93 bits per heavy atom. The average molecular weight is 436 g/mol. The van der Waals surface area contributed by atoms with Gasteiger partial charge in [-0.1, -0.05) is 24.3 Å². The molecule has 4 heterocycles. The number of halogens is 2. The Bertz CT molecular complexity index is 1070. The first kappa shape index (κ1) is 19.8. The van der Waals surface area contributed by atoms with Crippen LogP contribution in [0.15, 0.2) is 18.2 Å². The van der Waals surface area contributed by atoms with Crippen LogP contribution in [-0.2, 0) is 15.9 Å². The van der Waals surface area contributed by atoms with E-state index in [2.05, 4.69) is 15.0 Å². The number of aromatic nitrogens is 3. The second-order valence-corrected chi connectivity index (χ2v) is 8.59. The number of piperidine rings is 1. The van der Waals surface area contributed by atoms with Crippen LogP contribution >= 0.6 is 11.3 Å². The van der Waals surface area contributed by atoms with Gasteiger partial charge in [-0.05, 0) is 17.7 Å². The van der Waals surface area contributed by atoms with Crippen LogP contribution in [0.4, 0.5) is 8.78 Å². The van der Waals surface area contributed by atoms with Crippen LogP contribution in [0.25, 0.3) is 4.96 Å². The van der Waals surface area contributed by atoms with E-state index in [4.69, 9.17) is 9.47 Å². The molecule has 1 spiro atoms. The van der Waals surface area contributed by atoms with E-state index in [9.17, 15) is 13.9 Å². The van der Waals surface area contributed by atoms with Crippen LogP contribution in [0.2, 0.25) is 0 Å². The molecule has 1 aromatic carbocycles. The first-order valence-corrected chi connectivity index (χ1v) is 10.9. The first-order valence-electron chi connectivity index (χ1n) is 10.0. The zero-order valence-corrected chi connectivity index (χ0v) is 17.3. The van der Waals surface area contributed by atoms with Gasteiger partial charge in [-0.15, -0.1) is 5.10 Å². The van der Waals surface area contributed by atoms with Gasteiger partial charge in [-0.2, -0.15) is 4.52 Å². The molecule has 0 saturated carbocycles. The molecule has 0 amide bonds. The van der Waals surface area contributed by atoms with Crippen molar-refractivity contribution in [1.82, 2.24) is 19.5 Å². The number of hydrogen-bond acceptors (Lipinski definition) is 7. The maximum atomic E-state index is 14.1. The van der Waals surface area contributed by atoms with Crippen LogP contribution in [0, 0.1) is 11.6 Å². The zero-order valence-electron chi connectivity index (χ0n) is 16.5. The van der Waals surface area contributed by atoms with E-state index >= 15 is 0 Å². The molecule has 7 nitrogen and oxygen atoms in total. The number of nitrogens with zero attached hydrogens (tertiary/aromatic N) is 4. The molecule has 2 aliphatic rings. The second-order valence-electron chi connectivity index (χ2n) is 7.59. The van der Waals surface area contributed by atoms with Gasteiger partial charge in [0.05, 0.1) is 24.1 Å². The summed E-state index contributed by atoms with van der Waals surface area (Å²) in [5.74, 6) is -1.75. The summed E-state index contributed by atoms with van der Waals surface area (Å²) in [6.07, 6.45) is 1.98. The third-order valence-electron chi connectivity index (χ3n) is 5.81. The number of benzene rings is 1. The second kappa shape index (κ2) is 7.52. The van der Waals surface area contributed by atoms with Gasteiger partial charge in [0.1, 0.15) is 0 Å². The standard InChI is InChI=1S/C20H22F2N4O3S/c1-2-15-23-19-26(24-15)18(27)17(30-19)16(12-3-4-13(21)14(22)11-12)25-7-5-20(6-8-25)28-9-10-29-20/h3-4,11,16,27H,2,5-10H2,1H3/t16-/m0/s1. The molecule has 3 aromatic rings. The molecule has 0 aliphatic carbocycles. The highest BCUT2D eigenvalue weighted by atomic mass is 32.1. The lowest BCUT2D eigenvalue weighted by molar-refractivity contribution is -0.187. The molecular formula is C20H22F2N4O3S. The minimum Gasteiger partial charge on any atom is -0.492 e. The van der Waals surface area contributed by atoms with Crippen LogP contribution in [0.5, 0.6) is 5.88 Å². The molecule has 0 bridgehead atoms. The molecule has 0 radical (unpaired) electrons. The summed E-state index contributed by atoms with van der Waals surface area (Å²) in [4.78, 5) is 7.75. The molecule has 2 aliphatic heterocycles. The molecule has 160 valence electrons. The zero-order chi connectivity index (χ0) is 20.9. The Balaban J connectivity index is 1.54. The van der Waals surface area contributed by atoms with E-state index < -0.39 is 23.5 Å². The summed E-state index contributed by atoms with van der Waals surface area (Å²) in [7, 11) is 0. The minimum absolute atomic E-state index is 0.0226. The van der Waals surface area contributed by atoms with Crippen molar-refractivity contribution >= 4 is 16.3 Å². The molecule has 2 saturated heterocycles. The molecule has 5 rings (SSSR count). The van der Waals surface area contributed by atoms with Gasteiger partial charge in [0, 0.05) is 32.4 Å². The lowest BCUT2D eigenvalue weighted by Crippen LogP contribution is -2.46. The van der Waals surface area contributed by atoms with Gasteiger partial charge in [-0.25, -0.2) is 13.8 Å². The lowest BCUT2D eigenvalue weighted by atomic mass is 9.97. The highest BCUT2D eigenvalue weighted by molar-refractivity contribution is 7.17. The fraction of sp³-hybridized carbons (Fsp3) is 0.500. The quantitative estimate of drug-likeness (QED) is 0.677. The first-order chi connectivity index (χ1) is 14.5. The lowest BCUT2D eigenvalue weighted by Gasteiger charge is -2.41. The van der Waals surface area contributed by atoms with Gasteiger partial charge >= 0.3 is 0 Å². The van der Waals surface area contributed by atoms with Crippen molar-refractivity contribution in [3.05, 3.63) is 46.1 Å². The number of ether oxygens (including phenoxy) is 2. The molecular weight excluding hydrogens is 414 g/mol. The number of aryl methyl sites for hydroxylation is 1. The molecule has 10 heteroatoms. The third-order valence-corrected chi connectivity index (χ3v) is 6.88.